The minimum absolute atomic E-state index is 0.198. The Labute approximate surface area is 162 Å². The van der Waals surface area contributed by atoms with E-state index in [4.69, 9.17) is 16.3 Å². The standard InChI is InChI=1S/C18H21ClN5O3/c1-21-14-15(20-17(21)23-7-9-27-10-8-23)22(2)18(26)24(16(14)25)11-12-3-5-13(19)6-4-12/h3-6,14H,7-11H2,1-2H3/q+1. The van der Waals surface area contributed by atoms with E-state index in [0.717, 1.165) is 5.56 Å². The fourth-order valence-electron chi connectivity index (χ4n) is 3.56. The first-order valence-corrected chi connectivity index (χ1v) is 9.19. The van der Waals surface area contributed by atoms with Crippen molar-refractivity contribution in [1.82, 2.24) is 14.7 Å². The lowest BCUT2D eigenvalue weighted by Gasteiger charge is -2.34. The highest BCUT2D eigenvalue weighted by molar-refractivity contribution is 6.30. The Balaban J connectivity index is 1.64. The van der Waals surface area contributed by atoms with Crippen LogP contribution in [0.25, 0.3) is 0 Å². The normalized spacial score (nSPS) is 23.1. The number of benzene rings is 1. The lowest BCUT2D eigenvalue weighted by atomic mass is 10.1. The highest BCUT2D eigenvalue weighted by Gasteiger charge is 2.54. The van der Waals surface area contributed by atoms with Gasteiger partial charge in [-0.3, -0.25) is 19.2 Å². The number of urea groups is 1. The molecule has 0 N–H and O–H groups in total. The molecule has 4 rings (SSSR count). The van der Waals surface area contributed by atoms with E-state index in [1.165, 1.54) is 9.80 Å². The Morgan fingerprint density at radius 2 is 1.85 bits per heavy atom. The SMILES string of the molecule is CN1C(=O)N(Cc2ccc(Cl)cc2)C(=O)C2C1=NC(=[N+]1CCOCC1)N2C. The van der Waals surface area contributed by atoms with Crippen molar-refractivity contribution in [3.05, 3.63) is 34.9 Å². The molecule has 1 atom stereocenters. The topological polar surface area (TPSA) is 68.5 Å². The van der Waals surface area contributed by atoms with E-state index in [1.807, 2.05) is 24.1 Å². The molecule has 0 aromatic heterocycles. The number of halogens is 1. The number of amides is 3. The van der Waals surface area contributed by atoms with Crippen LogP contribution in [0.15, 0.2) is 29.3 Å². The molecule has 0 radical (unpaired) electrons. The third kappa shape index (κ3) is 3.08. The van der Waals surface area contributed by atoms with Crippen LogP contribution in [0.2, 0.25) is 5.02 Å². The zero-order valence-corrected chi connectivity index (χ0v) is 16.0. The van der Waals surface area contributed by atoms with Gasteiger partial charge in [0.05, 0.1) is 39.9 Å². The van der Waals surface area contributed by atoms with E-state index in [0.29, 0.717) is 43.1 Å². The smallest absolute Gasteiger partial charge is 0.375 e. The number of rotatable bonds is 2. The van der Waals surface area contributed by atoms with Gasteiger partial charge in [0.15, 0.2) is 0 Å². The molecule has 0 spiro atoms. The molecule has 0 bridgehead atoms. The molecule has 3 aliphatic rings. The van der Waals surface area contributed by atoms with E-state index < -0.39 is 6.04 Å². The second-order valence-corrected chi connectivity index (χ2v) is 7.21. The predicted octanol–water partition coefficient (Wildman–Crippen LogP) is 0.845. The molecule has 27 heavy (non-hydrogen) atoms. The molecule has 3 amide bonds. The van der Waals surface area contributed by atoms with Gasteiger partial charge in [-0.25, -0.2) is 9.69 Å². The van der Waals surface area contributed by atoms with Crippen molar-refractivity contribution in [3.63, 3.8) is 0 Å². The number of morpholine rings is 1. The molecule has 1 aromatic rings. The molecule has 2 fully saturated rings. The average molecular weight is 391 g/mol. The van der Waals surface area contributed by atoms with Gasteiger partial charge in [-0.05, 0) is 17.7 Å². The largest absolute Gasteiger partial charge is 0.392 e. The molecular weight excluding hydrogens is 370 g/mol. The number of carbonyl (C=O) groups is 2. The monoisotopic (exact) mass is 390 g/mol. The van der Waals surface area contributed by atoms with Crippen molar-refractivity contribution >= 4 is 35.3 Å². The number of hydrogen-bond donors (Lipinski definition) is 0. The van der Waals surface area contributed by atoms with E-state index >= 15 is 0 Å². The van der Waals surface area contributed by atoms with Gasteiger partial charge in [-0.1, -0.05) is 28.7 Å². The summed E-state index contributed by atoms with van der Waals surface area (Å²) in [6.45, 7) is 2.87. The number of aliphatic imine (C=N–C) groups is 1. The summed E-state index contributed by atoms with van der Waals surface area (Å²) in [7, 11) is 3.50. The van der Waals surface area contributed by atoms with E-state index in [1.54, 1.807) is 19.2 Å². The van der Waals surface area contributed by atoms with E-state index in [9.17, 15) is 9.59 Å². The zero-order chi connectivity index (χ0) is 19.1. The number of hydrogen-bond acceptors (Lipinski definition) is 3. The quantitative estimate of drug-likeness (QED) is 0.702. The zero-order valence-electron chi connectivity index (χ0n) is 15.3. The van der Waals surface area contributed by atoms with Gasteiger partial charge in [0, 0.05) is 12.1 Å². The molecule has 3 aliphatic heterocycles. The second-order valence-electron chi connectivity index (χ2n) is 6.78. The number of ether oxygens (including phenoxy) is 1. The fourth-order valence-corrected chi connectivity index (χ4v) is 3.69. The summed E-state index contributed by atoms with van der Waals surface area (Å²) >= 11 is 5.92. The van der Waals surface area contributed by atoms with Crippen molar-refractivity contribution in [2.75, 3.05) is 40.4 Å². The third-order valence-corrected chi connectivity index (χ3v) is 5.32. The molecular formula is C18H21ClN5O3+. The minimum Gasteiger partial charge on any atom is -0.375 e. The maximum atomic E-state index is 13.1. The van der Waals surface area contributed by atoms with Crippen molar-refractivity contribution in [3.8, 4) is 0 Å². The Hall–Kier alpha value is -2.45. The lowest BCUT2D eigenvalue weighted by molar-refractivity contribution is -0.554. The molecule has 2 saturated heterocycles. The number of likely N-dealkylation sites (N-methyl/N-ethyl adjacent to an activating group) is 2. The minimum atomic E-state index is -0.599. The Bertz CT molecular complexity index is 843. The summed E-state index contributed by atoms with van der Waals surface area (Å²) in [5.41, 5.74) is 0.841. The number of nitrogens with zero attached hydrogens (tertiary/aromatic N) is 5. The molecule has 0 aliphatic carbocycles. The molecule has 142 valence electrons. The van der Waals surface area contributed by atoms with Crippen LogP contribution in [0.4, 0.5) is 4.79 Å². The number of carbonyl (C=O) groups excluding carboxylic acids is 2. The Morgan fingerprint density at radius 3 is 2.52 bits per heavy atom. The number of imide groups is 1. The summed E-state index contributed by atoms with van der Waals surface area (Å²) in [4.78, 5) is 35.1. The maximum absolute atomic E-state index is 13.1. The fraction of sp³-hybridized carbons (Fsp3) is 0.444. The summed E-state index contributed by atoms with van der Waals surface area (Å²) in [6, 6.07) is 6.16. The molecule has 3 heterocycles. The van der Waals surface area contributed by atoms with E-state index in [-0.39, 0.29) is 18.5 Å². The van der Waals surface area contributed by atoms with Crippen LogP contribution in [0.1, 0.15) is 5.56 Å². The van der Waals surface area contributed by atoms with Crippen LogP contribution < -0.4 is 0 Å². The van der Waals surface area contributed by atoms with Crippen molar-refractivity contribution < 1.29 is 18.9 Å². The van der Waals surface area contributed by atoms with Gasteiger partial charge in [0.25, 0.3) is 5.91 Å². The summed E-state index contributed by atoms with van der Waals surface area (Å²) in [6.07, 6.45) is 0. The molecule has 0 saturated carbocycles. The number of fused-ring (bicyclic) bond motifs is 1. The molecule has 9 heteroatoms. The third-order valence-electron chi connectivity index (χ3n) is 5.07. The first-order chi connectivity index (χ1) is 13.0. The number of amidine groups is 1. The molecule has 1 unspecified atom stereocenters. The second kappa shape index (κ2) is 6.94. The van der Waals surface area contributed by atoms with Gasteiger partial charge in [0.1, 0.15) is 0 Å². The van der Waals surface area contributed by atoms with Crippen LogP contribution >= 0.6 is 11.6 Å². The van der Waals surface area contributed by atoms with Crippen molar-refractivity contribution in [2.45, 2.75) is 12.6 Å². The average Bonchev–Trinajstić information content (AvgIpc) is 3.03. The molecule has 1 aromatic carbocycles. The Kier molecular flexibility index (Phi) is 4.61. The number of guanidine groups is 1. The summed E-state index contributed by atoms with van der Waals surface area (Å²) < 4.78 is 7.48. The van der Waals surface area contributed by atoms with Crippen molar-refractivity contribution in [1.29, 1.82) is 0 Å². The van der Waals surface area contributed by atoms with Crippen LogP contribution in [0, 0.1) is 0 Å². The first kappa shape index (κ1) is 17.9. The van der Waals surface area contributed by atoms with Crippen LogP contribution in [0.3, 0.4) is 0 Å². The van der Waals surface area contributed by atoms with Crippen LogP contribution in [-0.2, 0) is 16.1 Å². The van der Waals surface area contributed by atoms with Gasteiger partial charge in [-0.2, -0.15) is 0 Å². The predicted molar refractivity (Wildman–Crippen MR) is 100.0 cm³/mol. The molecule has 8 nitrogen and oxygen atoms in total. The van der Waals surface area contributed by atoms with Gasteiger partial charge < -0.3 is 4.74 Å². The Morgan fingerprint density at radius 1 is 1.19 bits per heavy atom. The van der Waals surface area contributed by atoms with Gasteiger partial charge >= 0.3 is 12.0 Å². The summed E-state index contributed by atoms with van der Waals surface area (Å²) in [5.74, 6) is 0.915. The highest BCUT2D eigenvalue weighted by Crippen LogP contribution is 2.24. The maximum Gasteiger partial charge on any atom is 0.392 e. The van der Waals surface area contributed by atoms with Gasteiger partial charge in [0.2, 0.25) is 11.9 Å². The van der Waals surface area contributed by atoms with Gasteiger partial charge in [-0.15, -0.1) is 0 Å². The lowest BCUT2D eigenvalue weighted by Crippen LogP contribution is -2.63. The first-order valence-electron chi connectivity index (χ1n) is 8.82. The van der Waals surface area contributed by atoms with Crippen molar-refractivity contribution in [2.24, 2.45) is 4.99 Å². The van der Waals surface area contributed by atoms with E-state index in [2.05, 4.69) is 9.57 Å². The van der Waals surface area contributed by atoms with Crippen LogP contribution in [-0.4, -0.2) is 89.4 Å². The summed E-state index contributed by atoms with van der Waals surface area (Å²) in [5, 5.41) is 0.613. The highest BCUT2D eigenvalue weighted by atomic mass is 35.5. The van der Waals surface area contributed by atoms with Crippen LogP contribution in [0.5, 0.6) is 0 Å².